The second kappa shape index (κ2) is 5.19. The molecule has 0 saturated heterocycles. The van der Waals surface area contributed by atoms with Crippen LogP contribution in [0.5, 0.6) is 0 Å². The molecule has 2 aromatic carbocycles. The second-order valence-corrected chi connectivity index (χ2v) is 5.17. The first-order chi connectivity index (χ1) is 9.70. The van der Waals surface area contributed by atoms with Crippen molar-refractivity contribution in [3.63, 3.8) is 0 Å². The van der Waals surface area contributed by atoms with Crippen LogP contribution in [0.4, 0.5) is 10.1 Å². The number of rotatable bonds is 2. The van der Waals surface area contributed by atoms with Gasteiger partial charge in [0.1, 0.15) is 5.82 Å². The maximum Gasteiger partial charge on any atom is 0.134 e. The van der Waals surface area contributed by atoms with Gasteiger partial charge in [0.15, 0.2) is 0 Å². The number of nitrogens with zero attached hydrogens (tertiary/aromatic N) is 1. The van der Waals surface area contributed by atoms with Gasteiger partial charge in [-0.3, -0.25) is 5.84 Å². The van der Waals surface area contributed by atoms with Gasteiger partial charge in [-0.05, 0) is 34.1 Å². The molecule has 0 atom stereocenters. The topological polar surface area (TPSA) is 50.9 Å². The van der Waals surface area contributed by atoms with Crippen LogP contribution in [0.25, 0.3) is 22.2 Å². The maximum atomic E-state index is 14.0. The standard InChI is InChI=1S/C15H11BrFN3/c16-10-6-7-11(17)14-13(20-18)8-12(19-15(10)14)9-4-2-1-3-5-9/h1-8H,18H2,(H,19,20). The van der Waals surface area contributed by atoms with E-state index >= 15 is 0 Å². The van der Waals surface area contributed by atoms with Gasteiger partial charge in [-0.25, -0.2) is 9.37 Å². The summed E-state index contributed by atoms with van der Waals surface area (Å²) >= 11 is 3.40. The molecule has 20 heavy (non-hydrogen) atoms. The zero-order chi connectivity index (χ0) is 14.1. The fraction of sp³-hybridized carbons (Fsp3) is 0. The number of pyridine rings is 1. The number of halogens is 2. The Labute approximate surface area is 123 Å². The molecule has 1 aromatic heterocycles. The Kier molecular flexibility index (Phi) is 3.38. The normalized spacial score (nSPS) is 10.8. The molecule has 100 valence electrons. The molecule has 3 rings (SSSR count). The fourth-order valence-electron chi connectivity index (χ4n) is 2.14. The smallest absolute Gasteiger partial charge is 0.134 e. The molecule has 0 unspecified atom stereocenters. The van der Waals surface area contributed by atoms with E-state index in [1.807, 2.05) is 30.3 Å². The van der Waals surface area contributed by atoms with Gasteiger partial charge >= 0.3 is 0 Å². The number of fused-ring (bicyclic) bond motifs is 1. The van der Waals surface area contributed by atoms with Crippen molar-refractivity contribution in [3.8, 4) is 11.3 Å². The van der Waals surface area contributed by atoms with Crippen LogP contribution in [-0.4, -0.2) is 4.98 Å². The third kappa shape index (κ3) is 2.15. The summed E-state index contributed by atoms with van der Waals surface area (Å²) in [7, 11) is 0. The molecule has 3 N–H and O–H groups in total. The molecular formula is C15H11BrFN3. The van der Waals surface area contributed by atoms with Crippen LogP contribution >= 0.6 is 15.9 Å². The van der Waals surface area contributed by atoms with Crippen LogP contribution in [0.15, 0.2) is 53.0 Å². The molecule has 0 aliphatic heterocycles. The minimum Gasteiger partial charge on any atom is -0.323 e. The lowest BCUT2D eigenvalue weighted by atomic mass is 10.1. The minimum atomic E-state index is -0.358. The van der Waals surface area contributed by atoms with E-state index in [1.165, 1.54) is 6.07 Å². The monoisotopic (exact) mass is 331 g/mol. The van der Waals surface area contributed by atoms with Gasteiger partial charge in [0.25, 0.3) is 0 Å². The quantitative estimate of drug-likeness (QED) is 0.549. The molecule has 0 saturated carbocycles. The SMILES string of the molecule is NNc1cc(-c2ccccc2)nc2c(Br)ccc(F)c12. The first-order valence-corrected chi connectivity index (χ1v) is 6.81. The number of aromatic nitrogens is 1. The molecule has 5 heteroatoms. The van der Waals surface area contributed by atoms with Crippen LogP contribution in [0.1, 0.15) is 0 Å². The maximum absolute atomic E-state index is 14.0. The molecule has 3 nitrogen and oxygen atoms in total. The molecule has 0 aliphatic rings. The molecule has 0 spiro atoms. The van der Waals surface area contributed by atoms with Crippen molar-refractivity contribution in [2.75, 3.05) is 5.43 Å². The summed E-state index contributed by atoms with van der Waals surface area (Å²) in [4.78, 5) is 4.53. The predicted octanol–water partition coefficient (Wildman–Crippen LogP) is 4.09. The number of nitrogens with two attached hydrogens (primary N) is 1. The van der Waals surface area contributed by atoms with Crippen molar-refractivity contribution in [1.29, 1.82) is 0 Å². The Balaban J connectivity index is 2.35. The van der Waals surface area contributed by atoms with Gasteiger partial charge < -0.3 is 5.43 Å². The Morgan fingerprint density at radius 1 is 1.10 bits per heavy atom. The molecular weight excluding hydrogens is 321 g/mol. The van der Waals surface area contributed by atoms with E-state index in [1.54, 1.807) is 12.1 Å². The highest BCUT2D eigenvalue weighted by atomic mass is 79.9. The Bertz CT molecular complexity index is 775. The lowest BCUT2D eigenvalue weighted by Gasteiger charge is -2.11. The van der Waals surface area contributed by atoms with Crippen LogP contribution in [0.3, 0.4) is 0 Å². The first-order valence-electron chi connectivity index (χ1n) is 6.01. The molecule has 0 radical (unpaired) electrons. The van der Waals surface area contributed by atoms with Crippen LogP contribution in [0, 0.1) is 5.82 Å². The first kappa shape index (κ1) is 13.0. The third-order valence-corrected chi connectivity index (χ3v) is 3.73. The fourth-order valence-corrected chi connectivity index (χ4v) is 2.56. The number of anilines is 1. The van der Waals surface area contributed by atoms with Crippen molar-refractivity contribution >= 4 is 32.5 Å². The minimum absolute atomic E-state index is 0.358. The molecule has 3 aromatic rings. The van der Waals surface area contributed by atoms with Crippen molar-refractivity contribution < 1.29 is 4.39 Å². The number of hydrogen-bond donors (Lipinski definition) is 2. The molecule has 1 heterocycles. The lowest BCUT2D eigenvalue weighted by molar-refractivity contribution is 0.639. The van der Waals surface area contributed by atoms with Crippen LogP contribution in [0.2, 0.25) is 0 Å². The van der Waals surface area contributed by atoms with Gasteiger partial charge in [-0.15, -0.1) is 0 Å². The number of hydrazine groups is 1. The van der Waals surface area contributed by atoms with Crippen molar-refractivity contribution in [3.05, 3.63) is 58.8 Å². The zero-order valence-electron chi connectivity index (χ0n) is 10.4. The molecule has 0 bridgehead atoms. The molecule has 0 fully saturated rings. The average Bonchev–Trinajstić information content (AvgIpc) is 2.51. The zero-order valence-corrected chi connectivity index (χ0v) is 12.0. The van der Waals surface area contributed by atoms with Gasteiger partial charge in [-0.1, -0.05) is 30.3 Å². The Morgan fingerprint density at radius 2 is 1.85 bits per heavy atom. The van der Waals surface area contributed by atoms with Crippen LogP contribution < -0.4 is 11.3 Å². The summed E-state index contributed by atoms with van der Waals surface area (Å²) in [6, 6.07) is 14.4. The number of nitrogens with one attached hydrogen (secondary N) is 1. The number of hydrogen-bond acceptors (Lipinski definition) is 3. The van der Waals surface area contributed by atoms with Gasteiger partial charge in [-0.2, -0.15) is 0 Å². The van der Waals surface area contributed by atoms with E-state index in [9.17, 15) is 4.39 Å². The summed E-state index contributed by atoms with van der Waals surface area (Å²) in [6.07, 6.45) is 0. The van der Waals surface area contributed by atoms with Gasteiger partial charge in [0.2, 0.25) is 0 Å². The largest absolute Gasteiger partial charge is 0.323 e. The van der Waals surface area contributed by atoms with E-state index in [2.05, 4.69) is 26.3 Å². The highest BCUT2D eigenvalue weighted by Gasteiger charge is 2.13. The second-order valence-electron chi connectivity index (χ2n) is 4.32. The number of nitrogen functional groups attached to an aromatic ring is 1. The summed E-state index contributed by atoms with van der Waals surface area (Å²) < 4.78 is 14.7. The van der Waals surface area contributed by atoms with Crippen molar-refractivity contribution in [1.82, 2.24) is 4.98 Å². The van der Waals surface area contributed by atoms with E-state index < -0.39 is 0 Å². The third-order valence-electron chi connectivity index (χ3n) is 3.09. The van der Waals surface area contributed by atoms with Crippen LogP contribution in [-0.2, 0) is 0 Å². The highest BCUT2D eigenvalue weighted by Crippen LogP contribution is 2.33. The Hall–Kier alpha value is -1.98. The summed E-state index contributed by atoms with van der Waals surface area (Å²) in [5.74, 6) is 5.16. The van der Waals surface area contributed by atoms with E-state index in [4.69, 9.17) is 5.84 Å². The van der Waals surface area contributed by atoms with E-state index in [0.717, 1.165) is 15.7 Å². The highest BCUT2D eigenvalue weighted by molar-refractivity contribution is 9.10. The predicted molar refractivity (Wildman–Crippen MR) is 82.6 cm³/mol. The van der Waals surface area contributed by atoms with E-state index in [0.29, 0.717) is 16.6 Å². The van der Waals surface area contributed by atoms with Crippen molar-refractivity contribution in [2.24, 2.45) is 5.84 Å². The summed E-state index contributed by atoms with van der Waals surface area (Å²) in [6.45, 7) is 0. The lowest BCUT2D eigenvalue weighted by Crippen LogP contribution is -2.08. The van der Waals surface area contributed by atoms with Crippen molar-refractivity contribution in [2.45, 2.75) is 0 Å². The average molecular weight is 332 g/mol. The summed E-state index contributed by atoms with van der Waals surface area (Å²) in [5.41, 5.74) is 5.28. The molecule has 0 aliphatic carbocycles. The van der Waals surface area contributed by atoms with Gasteiger partial charge in [0.05, 0.1) is 22.3 Å². The Morgan fingerprint density at radius 3 is 2.55 bits per heavy atom. The van der Waals surface area contributed by atoms with Gasteiger partial charge in [0, 0.05) is 10.0 Å². The van der Waals surface area contributed by atoms with E-state index in [-0.39, 0.29) is 5.82 Å². The number of benzene rings is 2. The summed E-state index contributed by atoms with van der Waals surface area (Å²) in [5, 5.41) is 0.376. The molecule has 0 amide bonds.